The number of hydrogen-bond donors (Lipinski definition) is 1. The summed E-state index contributed by atoms with van der Waals surface area (Å²) < 4.78 is 4.82. The van der Waals surface area contributed by atoms with Crippen LogP contribution < -0.4 is 5.69 Å². The van der Waals surface area contributed by atoms with Gasteiger partial charge in [-0.1, -0.05) is 23.7 Å². The van der Waals surface area contributed by atoms with E-state index in [1.165, 1.54) is 0 Å². The van der Waals surface area contributed by atoms with Crippen LogP contribution in [0.3, 0.4) is 0 Å². The average Bonchev–Trinajstić information content (AvgIpc) is 2.56. The van der Waals surface area contributed by atoms with Gasteiger partial charge in [-0.05, 0) is 17.7 Å². The number of halogens is 1. The summed E-state index contributed by atoms with van der Waals surface area (Å²) in [7, 11) is 0. The lowest BCUT2D eigenvalue weighted by molar-refractivity contribution is 0.380. The van der Waals surface area contributed by atoms with Gasteiger partial charge in [0.1, 0.15) is 0 Å². The van der Waals surface area contributed by atoms with Crippen molar-refractivity contribution >= 4 is 11.6 Å². The Hall–Kier alpha value is -1.55. The van der Waals surface area contributed by atoms with E-state index >= 15 is 0 Å². The van der Waals surface area contributed by atoms with Gasteiger partial charge in [0.2, 0.25) is 5.89 Å². The molecule has 0 amide bonds. The van der Waals surface area contributed by atoms with Crippen LogP contribution in [-0.2, 0) is 6.42 Å². The fourth-order valence-corrected chi connectivity index (χ4v) is 1.24. The molecule has 4 nitrogen and oxygen atoms in total. The molecule has 0 bridgehead atoms. The van der Waals surface area contributed by atoms with Crippen molar-refractivity contribution in [2.45, 2.75) is 6.42 Å². The largest absolute Gasteiger partial charge is 0.377 e. The first-order chi connectivity index (χ1) is 6.74. The number of hydrogen-bond acceptors (Lipinski definition) is 3. The van der Waals surface area contributed by atoms with Crippen molar-refractivity contribution in [1.82, 2.24) is 10.1 Å². The molecule has 0 aliphatic rings. The molecule has 2 aromatic rings. The van der Waals surface area contributed by atoms with E-state index in [2.05, 4.69) is 10.1 Å². The van der Waals surface area contributed by atoms with E-state index in [9.17, 15) is 4.79 Å². The standard InChI is InChI=1S/C9H7ClN2O2/c10-7-3-1-6(2-4-7)5-8-11-9(13)12-14-8/h1-4H,5H2,(H,12,13). The Morgan fingerprint density at radius 2 is 2.07 bits per heavy atom. The first-order valence-corrected chi connectivity index (χ1v) is 4.41. The van der Waals surface area contributed by atoms with Gasteiger partial charge in [-0.15, -0.1) is 0 Å². The molecule has 5 heteroatoms. The number of aromatic amines is 1. The van der Waals surface area contributed by atoms with Crippen molar-refractivity contribution in [3.05, 3.63) is 51.2 Å². The van der Waals surface area contributed by atoms with Gasteiger partial charge in [0.25, 0.3) is 0 Å². The topological polar surface area (TPSA) is 58.9 Å². The predicted molar refractivity (Wildman–Crippen MR) is 51.4 cm³/mol. The number of nitrogens with one attached hydrogen (secondary N) is 1. The molecule has 0 aliphatic heterocycles. The Labute approximate surface area is 84.5 Å². The molecule has 2 rings (SSSR count). The molecule has 1 aromatic carbocycles. The van der Waals surface area contributed by atoms with Crippen molar-refractivity contribution in [2.75, 3.05) is 0 Å². The number of benzene rings is 1. The molecule has 0 saturated carbocycles. The van der Waals surface area contributed by atoms with Crippen LogP contribution in [0.25, 0.3) is 0 Å². The van der Waals surface area contributed by atoms with Gasteiger partial charge >= 0.3 is 5.69 Å². The van der Waals surface area contributed by atoms with Gasteiger partial charge in [-0.25, -0.2) is 4.79 Å². The van der Waals surface area contributed by atoms with Crippen LogP contribution in [0.15, 0.2) is 33.6 Å². The third kappa shape index (κ3) is 2.03. The zero-order valence-corrected chi connectivity index (χ0v) is 7.91. The number of aromatic nitrogens is 2. The molecule has 0 spiro atoms. The Balaban J connectivity index is 2.19. The number of H-pyrrole nitrogens is 1. The number of rotatable bonds is 2. The molecule has 14 heavy (non-hydrogen) atoms. The van der Waals surface area contributed by atoms with Crippen molar-refractivity contribution in [2.24, 2.45) is 0 Å². The van der Waals surface area contributed by atoms with E-state index in [1.807, 2.05) is 12.1 Å². The summed E-state index contributed by atoms with van der Waals surface area (Å²) in [5.74, 6) is 0.373. The van der Waals surface area contributed by atoms with Gasteiger partial charge in [-0.3, -0.25) is 0 Å². The van der Waals surface area contributed by atoms with Crippen LogP contribution in [0.5, 0.6) is 0 Å². The van der Waals surface area contributed by atoms with E-state index in [0.717, 1.165) is 5.56 Å². The highest BCUT2D eigenvalue weighted by Crippen LogP contribution is 2.11. The summed E-state index contributed by atoms with van der Waals surface area (Å²) >= 11 is 5.72. The minimum atomic E-state index is -0.464. The van der Waals surface area contributed by atoms with E-state index in [-0.39, 0.29) is 0 Å². The average molecular weight is 211 g/mol. The number of nitrogens with zero attached hydrogens (tertiary/aromatic N) is 1. The minimum absolute atomic E-state index is 0.373. The first-order valence-electron chi connectivity index (χ1n) is 4.03. The second-order valence-corrected chi connectivity index (χ2v) is 3.25. The molecule has 0 atom stereocenters. The molecule has 0 saturated heterocycles. The van der Waals surface area contributed by atoms with Gasteiger partial charge < -0.3 is 4.52 Å². The van der Waals surface area contributed by atoms with Crippen LogP contribution in [0, 0.1) is 0 Å². The Morgan fingerprint density at radius 1 is 1.36 bits per heavy atom. The predicted octanol–water partition coefficient (Wildman–Crippen LogP) is 1.61. The lowest BCUT2D eigenvalue weighted by Gasteiger charge is -1.95. The van der Waals surface area contributed by atoms with Crippen molar-refractivity contribution in [3.8, 4) is 0 Å². The monoisotopic (exact) mass is 210 g/mol. The first kappa shape index (κ1) is 9.02. The zero-order valence-electron chi connectivity index (χ0n) is 7.16. The Kier molecular flexibility index (Phi) is 2.37. The maximum atomic E-state index is 10.7. The van der Waals surface area contributed by atoms with E-state index in [0.29, 0.717) is 17.3 Å². The van der Waals surface area contributed by atoms with Gasteiger partial charge in [0.15, 0.2) is 0 Å². The normalized spacial score (nSPS) is 10.4. The minimum Gasteiger partial charge on any atom is -0.362 e. The summed E-state index contributed by atoms with van der Waals surface area (Å²) in [6.07, 6.45) is 0.482. The molecule has 0 fully saturated rings. The fourth-order valence-electron chi connectivity index (χ4n) is 1.11. The fraction of sp³-hybridized carbons (Fsp3) is 0.111. The van der Waals surface area contributed by atoms with Crippen LogP contribution in [-0.4, -0.2) is 10.1 Å². The van der Waals surface area contributed by atoms with E-state index < -0.39 is 5.69 Å². The lowest BCUT2D eigenvalue weighted by atomic mass is 10.1. The molecule has 72 valence electrons. The van der Waals surface area contributed by atoms with E-state index in [4.69, 9.17) is 16.1 Å². The SMILES string of the molecule is O=c1nc(Cc2ccc(Cl)cc2)o[nH]1. The quantitative estimate of drug-likeness (QED) is 0.819. The molecule has 0 radical (unpaired) electrons. The third-order valence-corrected chi connectivity index (χ3v) is 2.00. The molecule has 0 unspecified atom stereocenters. The van der Waals surface area contributed by atoms with Crippen molar-refractivity contribution < 1.29 is 4.52 Å². The van der Waals surface area contributed by atoms with Gasteiger partial charge in [-0.2, -0.15) is 10.1 Å². The maximum absolute atomic E-state index is 10.7. The molecule has 1 heterocycles. The summed E-state index contributed by atoms with van der Waals surface area (Å²) in [6, 6.07) is 7.28. The van der Waals surface area contributed by atoms with Crippen LogP contribution >= 0.6 is 11.6 Å². The lowest BCUT2D eigenvalue weighted by Crippen LogP contribution is -2.01. The highest BCUT2D eigenvalue weighted by Gasteiger charge is 2.02. The van der Waals surface area contributed by atoms with Crippen LogP contribution in [0.4, 0.5) is 0 Å². The smallest absolute Gasteiger partial charge is 0.362 e. The summed E-state index contributed by atoms with van der Waals surface area (Å²) in [5, 5.41) is 2.81. The summed E-state index contributed by atoms with van der Waals surface area (Å²) in [4.78, 5) is 14.3. The van der Waals surface area contributed by atoms with Gasteiger partial charge in [0.05, 0.1) is 6.42 Å². The maximum Gasteiger partial charge on any atom is 0.377 e. The highest BCUT2D eigenvalue weighted by molar-refractivity contribution is 6.30. The molecular weight excluding hydrogens is 204 g/mol. The van der Waals surface area contributed by atoms with Gasteiger partial charge in [0, 0.05) is 5.02 Å². The summed E-state index contributed by atoms with van der Waals surface area (Å²) in [5.41, 5.74) is 0.526. The van der Waals surface area contributed by atoms with E-state index in [1.54, 1.807) is 12.1 Å². The van der Waals surface area contributed by atoms with Crippen molar-refractivity contribution in [1.29, 1.82) is 0 Å². The van der Waals surface area contributed by atoms with Crippen LogP contribution in [0.1, 0.15) is 11.5 Å². The molecule has 0 aliphatic carbocycles. The van der Waals surface area contributed by atoms with Crippen LogP contribution in [0.2, 0.25) is 5.02 Å². The van der Waals surface area contributed by atoms with Crippen molar-refractivity contribution in [3.63, 3.8) is 0 Å². The Morgan fingerprint density at radius 3 is 2.64 bits per heavy atom. The molecular formula is C9H7ClN2O2. The third-order valence-electron chi connectivity index (χ3n) is 1.75. The Bertz CT molecular complexity index is 472. The second kappa shape index (κ2) is 3.67. The molecule has 1 aromatic heterocycles. The second-order valence-electron chi connectivity index (χ2n) is 2.82. The zero-order chi connectivity index (χ0) is 9.97. The molecule has 1 N–H and O–H groups in total. The highest BCUT2D eigenvalue weighted by atomic mass is 35.5. The summed E-state index contributed by atoms with van der Waals surface area (Å²) in [6.45, 7) is 0.